The summed E-state index contributed by atoms with van der Waals surface area (Å²) in [6, 6.07) is 4.63. The second kappa shape index (κ2) is 6.01. The number of hydrogen-bond donors (Lipinski definition) is 1. The summed E-state index contributed by atoms with van der Waals surface area (Å²) in [6.07, 6.45) is 1.21. The number of hydrogen-bond acceptors (Lipinski definition) is 2. The Kier molecular flexibility index (Phi) is 4.95. The molecule has 84 valence electrons. The fourth-order valence-corrected chi connectivity index (χ4v) is 2.46. The van der Waals surface area contributed by atoms with Crippen LogP contribution >= 0.6 is 11.8 Å². The minimum Gasteiger partial charge on any atom is -0.398 e. The predicted molar refractivity (Wildman–Crippen MR) is 66.4 cm³/mol. The van der Waals surface area contributed by atoms with Crippen molar-refractivity contribution in [3.63, 3.8) is 0 Å². The average Bonchev–Trinajstić information content (AvgIpc) is 2.14. The molecular weight excluding hydrogens is 209 g/mol. The zero-order valence-electron chi connectivity index (χ0n) is 9.29. The number of nitrogen functional groups attached to an aromatic ring is 1. The molecule has 0 aliphatic rings. The van der Waals surface area contributed by atoms with Gasteiger partial charge in [-0.15, -0.1) is 0 Å². The van der Waals surface area contributed by atoms with E-state index >= 15 is 0 Å². The van der Waals surface area contributed by atoms with Crippen LogP contribution in [-0.2, 0) is 5.75 Å². The fraction of sp³-hybridized carbons (Fsp3) is 0.500. The highest BCUT2D eigenvalue weighted by Crippen LogP contribution is 2.20. The van der Waals surface area contributed by atoms with Crippen LogP contribution in [0.2, 0.25) is 0 Å². The quantitative estimate of drug-likeness (QED) is 0.613. The smallest absolute Gasteiger partial charge is 0.125 e. The van der Waals surface area contributed by atoms with Crippen molar-refractivity contribution in [2.24, 2.45) is 5.92 Å². The summed E-state index contributed by atoms with van der Waals surface area (Å²) < 4.78 is 12.8. The summed E-state index contributed by atoms with van der Waals surface area (Å²) in [6.45, 7) is 4.43. The molecule has 3 heteroatoms. The molecule has 1 aromatic carbocycles. The van der Waals surface area contributed by atoms with Gasteiger partial charge in [0.05, 0.1) is 0 Å². The minimum atomic E-state index is -0.261. The van der Waals surface area contributed by atoms with Gasteiger partial charge in [-0.25, -0.2) is 4.39 Å². The van der Waals surface area contributed by atoms with Crippen LogP contribution in [0.1, 0.15) is 25.8 Å². The van der Waals surface area contributed by atoms with Crippen LogP contribution in [0.3, 0.4) is 0 Å². The first-order valence-electron chi connectivity index (χ1n) is 5.21. The van der Waals surface area contributed by atoms with Crippen molar-refractivity contribution in [1.82, 2.24) is 0 Å². The number of nitrogens with two attached hydrogens (primary N) is 1. The lowest BCUT2D eigenvalue weighted by atomic mass is 10.2. The summed E-state index contributed by atoms with van der Waals surface area (Å²) in [5.41, 5.74) is 7.30. The van der Waals surface area contributed by atoms with Crippen molar-refractivity contribution in [3.8, 4) is 0 Å². The highest BCUT2D eigenvalue weighted by Gasteiger charge is 2.01. The Morgan fingerprint density at radius 1 is 1.40 bits per heavy atom. The van der Waals surface area contributed by atoms with Gasteiger partial charge in [0.15, 0.2) is 0 Å². The van der Waals surface area contributed by atoms with E-state index in [2.05, 4.69) is 13.8 Å². The Labute approximate surface area is 95.2 Å². The van der Waals surface area contributed by atoms with Crippen LogP contribution < -0.4 is 5.73 Å². The lowest BCUT2D eigenvalue weighted by molar-refractivity contribution is 0.628. The first-order valence-corrected chi connectivity index (χ1v) is 6.36. The van der Waals surface area contributed by atoms with Crippen LogP contribution in [-0.4, -0.2) is 5.75 Å². The van der Waals surface area contributed by atoms with E-state index in [0.717, 1.165) is 23.0 Å². The van der Waals surface area contributed by atoms with Gasteiger partial charge in [0.25, 0.3) is 0 Å². The normalized spacial score (nSPS) is 10.9. The van der Waals surface area contributed by atoms with Crippen molar-refractivity contribution in [2.45, 2.75) is 26.0 Å². The van der Waals surface area contributed by atoms with Gasteiger partial charge in [-0.05, 0) is 35.8 Å². The van der Waals surface area contributed by atoms with E-state index in [1.165, 1.54) is 18.6 Å². The van der Waals surface area contributed by atoms with Gasteiger partial charge >= 0.3 is 0 Å². The van der Waals surface area contributed by atoms with Crippen LogP contribution in [0.4, 0.5) is 10.1 Å². The van der Waals surface area contributed by atoms with Gasteiger partial charge in [-0.1, -0.05) is 19.9 Å². The molecule has 15 heavy (non-hydrogen) atoms. The molecule has 0 atom stereocenters. The maximum atomic E-state index is 12.8. The number of rotatable bonds is 5. The third-order valence-corrected chi connectivity index (χ3v) is 3.24. The van der Waals surface area contributed by atoms with E-state index in [4.69, 9.17) is 5.73 Å². The maximum absolute atomic E-state index is 12.8. The zero-order valence-corrected chi connectivity index (χ0v) is 10.1. The molecule has 0 aliphatic heterocycles. The fourth-order valence-electron chi connectivity index (χ4n) is 1.20. The number of thioether (sulfide) groups is 1. The Hall–Kier alpha value is -0.700. The van der Waals surface area contributed by atoms with Crippen molar-refractivity contribution in [1.29, 1.82) is 0 Å². The van der Waals surface area contributed by atoms with Crippen molar-refractivity contribution in [2.75, 3.05) is 11.5 Å². The van der Waals surface area contributed by atoms with Gasteiger partial charge < -0.3 is 5.73 Å². The monoisotopic (exact) mass is 227 g/mol. The summed E-state index contributed by atoms with van der Waals surface area (Å²) in [7, 11) is 0. The number of halogens is 1. The van der Waals surface area contributed by atoms with Crippen molar-refractivity contribution in [3.05, 3.63) is 29.6 Å². The maximum Gasteiger partial charge on any atom is 0.125 e. The molecule has 0 radical (unpaired) electrons. The third-order valence-electron chi connectivity index (χ3n) is 2.21. The van der Waals surface area contributed by atoms with Gasteiger partial charge in [0.1, 0.15) is 5.82 Å². The first-order chi connectivity index (χ1) is 7.09. The Morgan fingerprint density at radius 3 is 2.73 bits per heavy atom. The SMILES string of the molecule is CC(C)CCSCc1ccc(F)cc1N. The molecule has 1 aromatic rings. The molecule has 1 nitrogen and oxygen atoms in total. The average molecular weight is 227 g/mol. The Bertz CT molecular complexity index is 312. The van der Waals surface area contributed by atoms with Crippen LogP contribution in [0, 0.1) is 11.7 Å². The van der Waals surface area contributed by atoms with E-state index in [0.29, 0.717) is 5.69 Å². The molecule has 0 bridgehead atoms. The number of benzene rings is 1. The molecule has 0 aliphatic carbocycles. The van der Waals surface area contributed by atoms with Crippen LogP contribution in [0.25, 0.3) is 0 Å². The Morgan fingerprint density at radius 2 is 2.13 bits per heavy atom. The van der Waals surface area contributed by atoms with E-state index in [-0.39, 0.29) is 5.82 Å². The molecule has 0 saturated heterocycles. The molecule has 0 amide bonds. The molecule has 1 rings (SSSR count). The third kappa shape index (κ3) is 4.56. The summed E-state index contributed by atoms with van der Waals surface area (Å²) >= 11 is 1.85. The van der Waals surface area contributed by atoms with Crippen molar-refractivity contribution >= 4 is 17.4 Å². The lowest BCUT2D eigenvalue weighted by Gasteiger charge is -2.06. The molecule has 0 aromatic heterocycles. The van der Waals surface area contributed by atoms with Gasteiger partial charge in [-0.3, -0.25) is 0 Å². The topological polar surface area (TPSA) is 26.0 Å². The minimum absolute atomic E-state index is 0.261. The largest absolute Gasteiger partial charge is 0.398 e. The van der Waals surface area contributed by atoms with Gasteiger partial charge in [-0.2, -0.15) is 11.8 Å². The molecule has 0 saturated carbocycles. The summed E-state index contributed by atoms with van der Waals surface area (Å²) in [5.74, 6) is 2.49. The molecule has 0 spiro atoms. The summed E-state index contributed by atoms with van der Waals surface area (Å²) in [5, 5.41) is 0. The Balaban J connectivity index is 2.37. The predicted octanol–water partition coefficient (Wildman–Crippen LogP) is 3.69. The van der Waals surface area contributed by atoms with E-state index < -0.39 is 0 Å². The highest BCUT2D eigenvalue weighted by atomic mass is 32.2. The highest BCUT2D eigenvalue weighted by molar-refractivity contribution is 7.98. The van der Waals surface area contributed by atoms with Gasteiger partial charge in [0.2, 0.25) is 0 Å². The molecule has 2 N–H and O–H groups in total. The second-order valence-electron chi connectivity index (χ2n) is 4.08. The molecule has 0 fully saturated rings. The summed E-state index contributed by atoms with van der Waals surface area (Å²) in [4.78, 5) is 0. The second-order valence-corrected chi connectivity index (χ2v) is 5.18. The van der Waals surface area contributed by atoms with E-state index in [9.17, 15) is 4.39 Å². The first kappa shape index (κ1) is 12.4. The van der Waals surface area contributed by atoms with Crippen molar-refractivity contribution < 1.29 is 4.39 Å². The van der Waals surface area contributed by atoms with Gasteiger partial charge in [0, 0.05) is 11.4 Å². The standard InChI is InChI=1S/C12H18FNS/c1-9(2)5-6-15-8-10-3-4-11(13)7-12(10)14/h3-4,7,9H,5-6,8,14H2,1-2H3. The van der Waals surface area contributed by atoms with E-state index in [1.807, 2.05) is 11.8 Å². The molecule has 0 unspecified atom stereocenters. The van der Waals surface area contributed by atoms with E-state index in [1.54, 1.807) is 6.07 Å². The van der Waals surface area contributed by atoms with Crippen LogP contribution in [0.15, 0.2) is 18.2 Å². The number of anilines is 1. The molecule has 0 heterocycles. The molecular formula is C12H18FNS. The zero-order chi connectivity index (χ0) is 11.3. The lowest BCUT2D eigenvalue weighted by Crippen LogP contribution is -1.95. The van der Waals surface area contributed by atoms with Crippen LogP contribution in [0.5, 0.6) is 0 Å².